The van der Waals surface area contributed by atoms with Gasteiger partial charge in [-0.25, -0.2) is 0 Å². The molecule has 174 valence electrons. The second-order valence-corrected chi connectivity index (χ2v) is 8.64. The zero-order valence-corrected chi connectivity index (χ0v) is 18.5. The normalized spacial score (nSPS) is 20.5. The molecule has 0 aliphatic carbocycles. The number of hydrogen-bond acceptors (Lipinski definition) is 3. The van der Waals surface area contributed by atoms with Crippen molar-refractivity contribution in [1.82, 2.24) is 10.2 Å². The fraction of sp³-hybridized carbons (Fsp3) is 0.696. The molecule has 0 spiro atoms. The fourth-order valence-corrected chi connectivity index (χ4v) is 4.51. The first kappa shape index (κ1) is 23.9. The predicted molar refractivity (Wildman–Crippen MR) is 115 cm³/mol. The number of aliphatic imine (C=N–C) groups is 1. The minimum atomic E-state index is -4.35. The first-order valence-electron chi connectivity index (χ1n) is 11.1. The zero-order valence-electron chi connectivity index (χ0n) is 18.5. The Morgan fingerprint density at radius 2 is 1.84 bits per heavy atom. The number of halogens is 3. The van der Waals surface area contributed by atoms with Gasteiger partial charge in [0, 0.05) is 59.0 Å². The number of rotatable bonds is 6. The van der Waals surface area contributed by atoms with E-state index in [0.29, 0.717) is 44.1 Å². The molecule has 3 rings (SSSR count). The van der Waals surface area contributed by atoms with Gasteiger partial charge in [0.15, 0.2) is 5.96 Å². The molecule has 1 aromatic carbocycles. The third-order valence-corrected chi connectivity index (χ3v) is 6.62. The standard InChI is InChI=1S/C23H34F3N3O2/c1-27-21(29(2)11-6-18-7-12-30-13-8-18)28-17-22(9-14-31-15-10-22)19-4-3-5-20(16-19)23(24,25)26/h3-5,16,18H,6-15,17H2,1-2H3,(H,27,28). The Bertz CT molecular complexity index is 727. The summed E-state index contributed by atoms with van der Waals surface area (Å²) in [7, 11) is 3.75. The molecule has 0 saturated carbocycles. The van der Waals surface area contributed by atoms with Gasteiger partial charge in [0.1, 0.15) is 0 Å². The fourth-order valence-electron chi connectivity index (χ4n) is 4.51. The molecule has 2 heterocycles. The van der Waals surface area contributed by atoms with Gasteiger partial charge in [-0.05, 0) is 49.7 Å². The van der Waals surface area contributed by atoms with Crippen molar-refractivity contribution in [2.75, 3.05) is 53.6 Å². The van der Waals surface area contributed by atoms with Crippen molar-refractivity contribution in [3.05, 3.63) is 35.4 Å². The molecule has 2 aliphatic heterocycles. The predicted octanol–water partition coefficient (Wildman–Crippen LogP) is 4.08. The lowest BCUT2D eigenvalue weighted by atomic mass is 9.73. The zero-order chi connectivity index (χ0) is 22.3. The van der Waals surface area contributed by atoms with Gasteiger partial charge in [0.2, 0.25) is 0 Å². The van der Waals surface area contributed by atoms with E-state index in [1.165, 1.54) is 12.1 Å². The summed E-state index contributed by atoms with van der Waals surface area (Å²) < 4.78 is 50.9. The molecule has 2 fully saturated rings. The monoisotopic (exact) mass is 441 g/mol. The third-order valence-electron chi connectivity index (χ3n) is 6.62. The molecule has 0 bridgehead atoms. The molecule has 1 N–H and O–H groups in total. The van der Waals surface area contributed by atoms with Crippen molar-refractivity contribution in [1.29, 1.82) is 0 Å². The van der Waals surface area contributed by atoms with Crippen LogP contribution in [-0.4, -0.2) is 64.5 Å². The van der Waals surface area contributed by atoms with Crippen LogP contribution in [0.1, 0.15) is 43.2 Å². The number of guanidine groups is 1. The molecular formula is C23H34F3N3O2. The minimum Gasteiger partial charge on any atom is -0.381 e. The lowest BCUT2D eigenvalue weighted by Crippen LogP contribution is -2.48. The summed E-state index contributed by atoms with van der Waals surface area (Å²) in [5, 5.41) is 3.44. The summed E-state index contributed by atoms with van der Waals surface area (Å²) in [6.45, 7) is 4.15. The quantitative estimate of drug-likeness (QED) is 0.534. The van der Waals surface area contributed by atoms with Crippen LogP contribution in [0.25, 0.3) is 0 Å². The van der Waals surface area contributed by atoms with E-state index in [1.807, 2.05) is 7.05 Å². The summed E-state index contributed by atoms with van der Waals surface area (Å²) >= 11 is 0. The summed E-state index contributed by atoms with van der Waals surface area (Å²) in [6, 6.07) is 5.74. The number of ether oxygens (including phenoxy) is 2. The number of nitrogens with one attached hydrogen (secondary N) is 1. The smallest absolute Gasteiger partial charge is 0.381 e. The van der Waals surface area contributed by atoms with Crippen LogP contribution in [0.5, 0.6) is 0 Å². The molecule has 0 radical (unpaired) electrons. The Morgan fingerprint density at radius 1 is 1.16 bits per heavy atom. The Morgan fingerprint density at radius 3 is 2.48 bits per heavy atom. The highest BCUT2D eigenvalue weighted by atomic mass is 19.4. The lowest BCUT2D eigenvalue weighted by molar-refractivity contribution is -0.137. The maximum atomic E-state index is 13.3. The number of benzene rings is 1. The minimum absolute atomic E-state index is 0.420. The number of nitrogens with zero attached hydrogens (tertiary/aromatic N) is 2. The molecule has 8 heteroatoms. The van der Waals surface area contributed by atoms with Crippen molar-refractivity contribution in [3.8, 4) is 0 Å². The van der Waals surface area contributed by atoms with Crippen LogP contribution in [0.4, 0.5) is 13.2 Å². The second-order valence-electron chi connectivity index (χ2n) is 8.64. The highest BCUT2D eigenvalue weighted by Gasteiger charge is 2.37. The molecule has 0 aromatic heterocycles. The Labute approximate surface area is 183 Å². The van der Waals surface area contributed by atoms with Gasteiger partial charge >= 0.3 is 6.18 Å². The van der Waals surface area contributed by atoms with E-state index in [2.05, 4.69) is 15.2 Å². The molecule has 1 aromatic rings. The van der Waals surface area contributed by atoms with Gasteiger partial charge in [-0.3, -0.25) is 4.99 Å². The van der Waals surface area contributed by atoms with Crippen molar-refractivity contribution in [2.45, 2.75) is 43.7 Å². The second kappa shape index (κ2) is 10.7. The Hall–Kier alpha value is -1.80. The van der Waals surface area contributed by atoms with Crippen LogP contribution >= 0.6 is 0 Å². The Kier molecular flexibility index (Phi) is 8.22. The van der Waals surface area contributed by atoms with Gasteiger partial charge in [0.05, 0.1) is 5.56 Å². The Balaban J connectivity index is 1.67. The van der Waals surface area contributed by atoms with E-state index in [-0.39, 0.29) is 0 Å². The van der Waals surface area contributed by atoms with Crippen molar-refractivity contribution in [2.24, 2.45) is 10.9 Å². The summed E-state index contributed by atoms with van der Waals surface area (Å²) in [4.78, 5) is 6.52. The summed E-state index contributed by atoms with van der Waals surface area (Å²) in [6.07, 6.45) is 0.259. The van der Waals surface area contributed by atoms with Crippen LogP contribution in [0.2, 0.25) is 0 Å². The van der Waals surface area contributed by atoms with Crippen LogP contribution in [0.15, 0.2) is 29.3 Å². The van der Waals surface area contributed by atoms with E-state index < -0.39 is 17.2 Å². The highest BCUT2D eigenvalue weighted by Crippen LogP contribution is 2.37. The molecular weight excluding hydrogens is 407 g/mol. The molecule has 2 saturated heterocycles. The van der Waals surface area contributed by atoms with Gasteiger partial charge in [0.25, 0.3) is 0 Å². The van der Waals surface area contributed by atoms with Gasteiger partial charge in [-0.2, -0.15) is 13.2 Å². The van der Waals surface area contributed by atoms with Crippen molar-refractivity contribution in [3.63, 3.8) is 0 Å². The van der Waals surface area contributed by atoms with Gasteiger partial charge in [-0.15, -0.1) is 0 Å². The summed E-state index contributed by atoms with van der Waals surface area (Å²) in [5.74, 6) is 1.44. The van der Waals surface area contributed by atoms with Crippen LogP contribution in [0.3, 0.4) is 0 Å². The topological polar surface area (TPSA) is 46.1 Å². The number of hydrogen-bond donors (Lipinski definition) is 1. The average Bonchev–Trinajstić information content (AvgIpc) is 2.79. The number of alkyl halides is 3. The molecule has 5 nitrogen and oxygen atoms in total. The average molecular weight is 442 g/mol. The van der Waals surface area contributed by atoms with E-state index >= 15 is 0 Å². The third kappa shape index (κ3) is 6.35. The molecule has 0 atom stereocenters. The molecule has 2 aliphatic rings. The van der Waals surface area contributed by atoms with Gasteiger partial charge < -0.3 is 19.7 Å². The van der Waals surface area contributed by atoms with E-state index in [4.69, 9.17) is 9.47 Å². The van der Waals surface area contributed by atoms with Gasteiger partial charge in [-0.1, -0.05) is 18.2 Å². The van der Waals surface area contributed by atoms with E-state index in [9.17, 15) is 13.2 Å². The van der Waals surface area contributed by atoms with E-state index in [0.717, 1.165) is 51.0 Å². The van der Waals surface area contributed by atoms with Crippen LogP contribution in [0, 0.1) is 5.92 Å². The largest absolute Gasteiger partial charge is 0.416 e. The first-order valence-corrected chi connectivity index (χ1v) is 11.1. The summed E-state index contributed by atoms with van der Waals surface area (Å²) in [5.41, 5.74) is -0.316. The molecule has 31 heavy (non-hydrogen) atoms. The SMILES string of the molecule is CN=C(NCC1(c2cccc(C(F)(F)F)c2)CCOCC1)N(C)CCC1CCOCC1. The molecule has 0 amide bonds. The van der Waals surface area contributed by atoms with E-state index in [1.54, 1.807) is 13.1 Å². The maximum absolute atomic E-state index is 13.3. The lowest BCUT2D eigenvalue weighted by Gasteiger charge is -2.39. The molecule has 0 unspecified atom stereocenters. The highest BCUT2D eigenvalue weighted by molar-refractivity contribution is 5.79. The van der Waals surface area contributed by atoms with Crippen LogP contribution < -0.4 is 5.32 Å². The first-order chi connectivity index (χ1) is 14.8. The van der Waals surface area contributed by atoms with Crippen molar-refractivity contribution >= 4 is 5.96 Å². The van der Waals surface area contributed by atoms with Crippen molar-refractivity contribution < 1.29 is 22.6 Å². The maximum Gasteiger partial charge on any atom is 0.416 e. The van der Waals surface area contributed by atoms with Crippen LogP contribution in [-0.2, 0) is 21.1 Å².